The van der Waals surface area contributed by atoms with Gasteiger partial charge in [-0.2, -0.15) is 0 Å². The molecule has 0 aliphatic heterocycles. The topological polar surface area (TPSA) is 74.6 Å². The van der Waals surface area contributed by atoms with E-state index in [1.165, 1.54) is 6.92 Å². The predicted octanol–water partition coefficient (Wildman–Crippen LogP) is 0.950. The molecule has 0 spiro atoms. The number of rotatable bonds is 5. The molecule has 0 saturated carbocycles. The van der Waals surface area contributed by atoms with E-state index >= 15 is 0 Å². The summed E-state index contributed by atoms with van der Waals surface area (Å²) in [5, 5.41) is 17.6. The van der Waals surface area contributed by atoms with Crippen LogP contribution in [-0.4, -0.2) is 51.7 Å². The minimum atomic E-state index is -1.66. The van der Waals surface area contributed by atoms with Gasteiger partial charge in [0.15, 0.2) is 5.41 Å². The van der Waals surface area contributed by atoms with Crippen molar-refractivity contribution in [1.82, 2.24) is 0 Å². The summed E-state index contributed by atoms with van der Waals surface area (Å²) in [6, 6.07) is 0. The minimum absolute atomic E-state index is 0. The first-order valence-electron chi connectivity index (χ1n) is 4.34. The van der Waals surface area contributed by atoms with Crippen molar-refractivity contribution in [2.75, 3.05) is 0 Å². The monoisotopic (exact) mass is 212 g/mol. The first-order chi connectivity index (χ1) is 5.87. The summed E-state index contributed by atoms with van der Waals surface area (Å²) in [6.07, 6.45) is 1.40. The molecule has 1 unspecified atom stereocenters. The molecule has 0 saturated heterocycles. The first kappa shape index (κ1) is 16.4. The molecule has 0 aliphatic rings. The van der Waals surface area contributed by atoms with Crippen molar-refractivity contribution in [1.29, 1.82) is 0 Å². The van der Waals surface area contributed by atoms with E-state index in [2.05, 4.69) is 0 Å². The van der Waals surface area contributed by atoms with E-state index in [1.54, 1.807) is 6.92 Å². The molecule has 4 nitrogen and oxygen atoms in total. The molecule has 0 aromatic rings. The van der Waals surface area contributed by atoms with Gasteiger partial charge in [0.25, 0.3) is 0 Å². The van der Waals surface area contributed by atoms with Gasteiger partial charge in [-0.25, -0.2) is 0 Å². The van der Waals surface area contributed by atoms with Gasteiger partial charge < -0.3 is 10.2 Å². The molecule has 5 heteroatoms. The Labute approximate surface area is 106 Å². The summed E-state index contributed by atoms with van der Waals surface area (Å²) in [5.41, 5.74) is -1.66. The molecule has 0 aromatic carbocycles. The van der Waals surface area contributed by atoms with Crippen LogP contribution in [0.15, 0.2) is 0 Å². The van der Waals surface area contributed by atoms with Crippen LogP contribution in [0.3, 0.4) is 0 Å². The van der Waals surface area contributed by atoms with Crippen molar-refractivity contribution >= 4 is 41.5 Å². The number of carboxylic acids is 2. The Morgan fingerprint density at radius 1 is 1.29 bits per heavy atom. The molecule has 0 rings (SSSR count). The van der Waals surface area contributed by atoms with Gasteiger partial charge in [-0.05, 0) is 19.3 Å². The van der Waals surface area contributed by atoms with Gasteiger partial charge in [0.1, 0.15) is 0 Å². The quantitative estimate of drug-likeness (QED) is 0.525. The van der Waals surface area contributed by atoms with Gasteiger partial charge in [0.05, 0.1) is 0 Å². The van der Waals surface area contributed by atoms with Crippen molar-refractivity contribution < 1.29 is 19.8 Å². The Morgan fingerprint density at radius 2 is 1.64 bits per heavy atom. The Kier molecular flexibility index (Phi) is 7.52. The Hall–Kier alpha value is -0.0600. The molecule has 14 heavy (non-hydrogen) atoms. The third-order valence-corrected chi connectivity index (χ3v) is 2.60. The van der Waals surface area contributed by atoms with Crippen LogP contribution in [0.5, 0.6) is 0 Å². The second-order valence-electron chi connectivity index (χ2n) is 3.50. The van der Waals surface area contributed by atoms with Gasteiger partial charge in [-0.1, -0.05) is 20.3 Å². The van der Waals surface area contributed by atoms with E-state index in [4.69, 9.17) is 10.2 Å². The van der Waals surface area contributed by atoms with Gasteiger partial charge in [-0.15, -0.1) is 0 Å². The zero-order valence-corrected chi connectivity index (χ0v) is 8.20. The molecule has 0 aromatic heterocycles. The van der Waals surface area contributed by atoms with Gasteiger partial charge in [0, 0.05) is 0 Å². The zero-order valence-electron chi connectivity index (χ0n) is 8.20. The van der Waals surface area contributed by atoms with Crippen LogP contribution in [0.2, 0.25) is 0 Å². The number of carbonyl (C=O) groups is 2. The number of carboxylic acid groups (broad SMARTS) is 2. The number of aliphatic carboxylic acids is 2. The summed E-state index contributed by atoms with van der Waals surface area (Å²) in [5.74, 6) is -2.88. The molecule has 1 atom stereocenters. The fraction of sp³-hybridized carbons (Fsp3) is 0.778. The van der Waals surface area contributed by atoms with Crippen molar-refractivity contribution in [3.05, 3.63) is 0 Å². The SMILES string of the molecule is CCCC(C)C(C)(C(=O)O)C(=O)O.[NaH]. The molecule has 0 radical (unpaired) electrons. The van der Waals surface area contributed by atoms with Crippen molar-refractivity contribution in [3.8, 4) is 0 Å². The fourth-order valence-electron chi connectivity index (χ4n) is 1.23. The van der Waals surface area contributed by atoms with E-state index in [1.807, 2.05) is 6.92 Å². The van der Waals surface area contributed by atoms with Gasteiger partial charge >= 0.3 is 41.5 Å². The maximum absolute atomic E-state index is 10.8. The van der Waals surface area contributed by atoms with E-state index < -0.39 is 17.4 Å². The molecule has 0 heterocycles. The molecule has 0 amide bonds. The Balaban J connectivity index is 0. The number of hydrogen-bond acceptors (Lipinski definition) is 2. The Bertz CT molecular complexity index is 201. The molecule has 2 N–H and O–H groups in total. The molecule has 0 bridgehead atoms. The van der Waals surface area contributed by atoms with Crippen LogP contribution < -0.4 is 0 Å². The van der Waals surface area contributed by atoms with Crippen LogP contribution in [0, 0.1) is 11.3 Å². The van der Waals surface area contributed by atoms with Gasteiger partial charge in [0.2, 0.25) is 0 Å². The van der Waals surface area contributed by atoms with Crippen LogP contribution in [0.1, 0.15) is 33.6 Å². The van der Waals surface area contributed by atoms with E-state index in [9.17, 15) is 9.59 Å². The van der Waals surface area contributed by atoms with Crippen molar-refractivity contribution in [2.45, 2.75) is 33.6 Å². The third kappa shape index (κ3) is 3.26. The van der Waals surface area contributed by atoms with E-state index in [0.29, 0.717) is 6.42 Å². The molecular weight excluding hydrogens is 195 g/mol. The molecule has 0 fully saturated rings. The predicted molar refractivity (Wildman–Crippen MR) is 54.6 cm³/mol. The standard InChI is InChI=1S/C9H16O4.Na.H/c1-4-5-6(2)9(3,7(10)11)8(12)13;;/h6H,4-5H2,1-3H3,(H,10,11)(H,12,13);;. The zero-order chi connectivity index (χ0) is 10.6. The second kappa shape index (κ2) is 6.43. The maximum atomic E-state index is 10.8. The van der Waals surface area contributed by atoms with Crippen LogP contribution in [0.4, 0.5) is 0 Å². The average Bonchev–Trinajstić information content (AvgIpc) is 2.02. The molecule has 78 valence electrons. The number of hydrogen-bond donors (Lipinski definition) is 2. The van der Waals surface area contributed by atoms with Crippen molar-refractivity contribution in [2.24, 2.45) is 11.3 Å². The normalized spacial score (nSPS) is 12.8. The van der Waals surface area contributed by atoms with Crippen LogP contribution in [-0.2, 0) is 9.59 Å². The summed E-state index contributed by atoms with van der Waals surface area (Å²) in [7, 11) is 0. The second-order valence-corrected chi connectivity index (χ2v) is 3.50. The Morgan fingerprint density at radius 3 is 1.86 bits per heavy atom. The molecular formula is C9H17NaO4. The summed E-state index contributed by atoms with van der Waals surface area (Å²) < 4.78 is 0. The summed E-state index contributed by atoms with van der Waals surface area (Å²) >= 11 is 0. The third-order valence-electron chi connectivity index (χ3n) is 2.60. The summed E-state index contributed by atoms with van der Waals surface area (Å²) in [6.45, 7) is 4.82. The molecule has 0 aliphatic carbocycles. The van der Waals surface area contributed by atoms with Gasteiger partial charge in [-0.3, -0.25) is 9.59 Å². The fourth-order valence-corrected chi connectivity index (χ4v) is 1.23. The van der Waals surface area contributed by atoms with Crippen LogP contribution in [0.25, 0.3) is 0 Å². The van der Waals surface area contributed by atoms with Crippen LogP contribution >= 0.6 is 0 Å². The average molecular weight is 212 g/mol. The van der Waals surface area contributed by atoms with Crippen molar-refractivity contribution in [3.63, 3.8) is 0 Å². The van der Waals surface area contributed by atoms with E-state index in [0.717, 1.165) is 6.42 Å². The summed E-state index contributed by atoms with van der Waals surface area (Å²) in [4.78, 5) is 21.6. The van der Waals surface area contributed by atoms with E-state index in [-0.39, 0.29) is 35.5 Å². The first-order valence-corrected chi connectivity index (χ1v) is 4.34.